The molecule has 8 nitrogen and oxygen atoms in total. The number of carbonyl (C=O) groups excluding carboxylic acids is 3. The molecule has 2 aliphatic rings. The van der Waals surface area contributed by atoms with E-state index in [9.17, 15) is 14.4 Å². The lowest BCUT2D eigenvalue weighted by Crippen LogP contribution is -2.70. The Hall–Kier alpha value is -2.59. The van der Waals surface area contributed by atoms with E-state index in [1.807, 2.05) is 30.3 Å². The zero-order valence-corrected chi connectivity index (χ0v) is 15.7. The SMILES string of the molecule is O=C(Cc1ccccc1)N[C@@H]1C(=O)N2C(C(=O)S)=C(c3ncn[nH]3)CS[C@H]12. The van der Waals surface area contributed by atoms with Gasteiger partial charge in [0.2, 0.25) is 11.0 Å². The van der Waals surface area contributed by atoms with E-state index in [-0.39, 0.29) is 29.3 Å². The van der Waals surface area contributed by atoms with Crippen LogP contribution in [0.3, 0.4) is 0 Å². The van der Waals surface area contributed by atoms with Crippen molar-refractivity contribution >= 4 is 46.9 Å². The summed E-state index contributed by atoms with van der Waals surface area (Å²) >= 11 is 5.38. The Morgan fingerprint density at radius 2 is 2.11 bits per heavy atom. The first-order valence-corrected chi connectivity index (χ1v) is 9.66. The number of nitrogens with zero attached hydrogens (tertiary/aromatic N) is 3. The van der Waals surface area contributed by atoms with E-state index in [0.29, 0.717) is 17.2 Å². The van der Waals surface area contributed by atoms with Gasteiger partial charge in [0.25, 0.3) is 5.91 Å². The van der Waals surface area contributed by atoms with Gasteiger partial charge in [0.05, 0.1) is 6.42 Å². The average Bonchev–Trinajstić information content (AvgIpc) is 3.20. The van der Waals surface area contributed by atoms with Crippen molar-refractivity contribution in [1.29, 1.82) is 0 Å². The zero-order valence-electron chi connectivity index (χ0n) is 14.0. The largest absolute Gasteiger partial charge is 0.341 e. The Kier molecular flexibility index (Phi) is 4.75. The summed E-state index contributed by atoms with van der Waals surface area (Å²) in [4.78, 5) is 42.5. The second-order valence-electron chi connectivity index (χ2n) is 6.08. The van der Waals surface area contributed by atoms with Crippen LogP contribution >= 0.6 is 24.4 Å². The smallest absolute Gasteiger partial charge is 0.253 e. The summed E-state index contributed by atoms with van der Waals surface area (Å²) in [5, 5.41) is 8.42. The fraction of sp³-hybridized carbons (Fsp3) is 0.235. The zero-order chi connectivity index (χ0) is 19.0. The standard InChI is InChI=1S/C17H15N5O3S2/c23-11(6-9-4-2-1-3-5-9)20-12-15(24)22-13(17(25)26)10(7-27-16(12)22)14-18-8-19-21-14/h1-5,8,12,16H,6-7H2,(H,20,23)(H,25,26)(H,18,19,21)/t12-,16-/m1/s1. The van der Waals surface area contributed by atoms with E-state index in [1.54, 1.807) is 0 Å². The first kappa shape index (κ1) is 17.8. The number of hydrogen-bond donors (Lipinski definition) is 3. The molecule has 138 valence electrons. The second kappa shape index (κ2) is 7.20. The van der Waals surface area contributed by atoms with Gasteiger partial charge in [-0.05, 0) is 5.56 Å². The summed E-state index contributed by atoms with van der Waals surface area (Å²) in [5.74, 6) is 0.324. The highest BCUT2D eigenvalue weighted by molar-refractivity contribution is 8.00. The molecule has 0 spiro atoms. The number of aromatic nitrogens is 3. The maximum absolute atomic E-state index is 12.6. The lowest BCUT2D eigenvalue weighted by molar-refractivity contribution is -0.146. The summed E-state index contributed by atoms with van der Waals surface area (Å²) in [5.41, 5.74) is 1.64. The highest BCUT2D eigenvalue weighted by Crippen LogP contribution is 2.43. The fourth-order valence-corrected chi connectivity index (χ4v) is 4.75. The van der Waals surface area contributed by atoms with Crippen molar-refractivity contribution in [2.45, 2.75) is 17.8 Å². The number of hydrogen-bond acceptors (Lipinski definition) is 6. The van der Waals surface area contributed by atoms with Crippen LogP contribution in [-0.4, -0.2) is 54.2 Å². The molecule has 1 saturated heterocycles. The summed E-state index contributed by atoms with van der Waals surface area (Å²) < 4.78 is 0. The van der Waals surface area contributed by atoms with E-state index >= 15 is 0 Å². The molecule has 0 unspecified atom stereocenters. The minimum atomic E-state index is -0.662. The van der Waals surface area contributed by atoms with Gasteiger partial charge < -0.3 is 5.32 Å². The van der Waals surface area contributed by atoms with E-state index in [2.05, 4.69) is 33.1 Å². The monoisotopic (exact) mass is 401 g/mol. The molecule has 27 heavy (non-hydrogen) atoms. The van der Waals surface area contributed by atoms with Crippen molar-refractivity contribution in [2.75, 3.05) is 5.75 Å². The van der Waals surface area contributed by atoms with Crippen LogP contribution in [-0.2, 0) is 20.8 Å². The summed E-state index contributed by atoms with van der Waals surface area (Å²) in [6.07, 6.45) is 1.53. The third-order valence-corrected chi connectivity index (χ3v) is 5.89. The minimum Gasteiger partial charge on any atom is -0.341 e. The summed E-state index contributed by atoms with van der Waals surface area (Å²) in [6.45, 7) is 0. The fourth-order valence-electron chi connectivity index (χ4n) is 3.16. The first-order chi connectivity index (χ1) is 13.1. The third-order valence-electron chi connectivity index (χ3n) is 4.40. The van der Waals surface area contributed by atoms with E-state index in [1.165, 1.54) is 23.0 Å². The molecule has 0 aliphatic carbocycles. The maximum atomic E-state index is 12.6. The van der Waals surface area contributed by atoms with Crippen LogP contribution in [0.5, 0.6) is 0 Å². The molecule has 2 aromatic rings. The summed E-state index contributed by atoms with van der Waals surface area (Å²) in [7, 11) is 0. The van der Waals surface area contributed by atoms with Crippen LogP contribution < -0.4 is 5.32 Å². The van der Waals surface area contributed by atoms with Crippen molar-refractivity contribution in [3.05, 3.63) is 53.7 Å². The quantitative estimate of drug-likeness (QED) is 0.501. The number of β-lactam (4-membered cyclic amide) rings is 1. The lowest BCUT2D eigenvalue weighted by atomic mass is 10.0. The number of H-pyrrole nitrogens is 1. The van der Waals surface area contributed by atoms with Crippen LogP contribution in [0.15, 0.2) is 42.4 Å². The third kappa shape index (κ3) is 3.26. The van der Waals surface area contributed by atoms with Crippen molar-refractivity contribution in [2.24, 2.45) is 0 Å². The number of thioether (sulfide) groups is 1. The van der Waals surface area contributed by atoms with Crippen LogP contribution in [0.2, 0.25) is 0 Å². The minimum absolute atomic E-state index is 0.192. The normalized spacial score (nSPS) is 21.5. The van der Waals surface area contributed by atoms with E-state index in [4.69, 9.17) is 0 Å². The van der Waals surface area contributed by atoms with E-state index in [0.717, 1.165) is 5.56 Å². The van der Waals surface area contributed by atoms with Gasteiger partial charge in [-0.15, -0.1) is 11.8 Å². The van der Waals surface area contributed by atoms with Gasteiger partial charge in [-0.2, -0.15) is 5.10 Å². The molecule has 1 fully saturated rings. The molecule has 2 aliphatic heterocycles. The molecule has 1 aromatic heterocycles. The number of amides is 2. The van der Waals surface area contributed by atoms with Gasteiger partial charge in [0.1, 0.15) is 23.4 Å². The summed E-state index contributed by atoms with van der Waals surface area (Å²) in [6, 6.07) is 8.64. The Bertz CT molecular complexity index is 929. The molecule has 0 bridgehead atoms. The van der Waals surface area contributed by atoms with Gasteiger partial charge in [0.15, 0.2) is 5.82 Å². The number of carbonyl (C=O) groups is 3. The predicted octanol–water partition coefficient (Wildman–Crippen LogP) is 0.615. The molecule has 0 radical (unpaired) electrons. The maximum Gasteiger partial charge on any atom is 0.253 e. The molecule has 2 amide bonds. The Balaban J connectivity index is 1.51. The van der Waals surface area contributed by atoms with Gasteiger partial charge in [-0.3, -0.25) is 24.4 Å². The van der Waals surface area contributed by atoms with Crippen molar-refractivity contribution in [3.63, 3.8) is 0 Å². The molecule has 3 heterocycles. The number of nitrogens with one attached hydrogen (secondary N) is 2. The van der Waals surface area contributed by atoms with Gasteiger partial charge in [0, 0.05) is 11.3 Å². The predicted molar refractivity (Wildman–Crippen MR) is 102 cm³/mol. The molecular weight excluding hydrogens is 386 g/mol. The molecule has 2 N–H and O–H groups in total. The number of fused-ring (bicyclic) bond motifs is 1. The highest BCUT2D eigenvalue weighted by atomic mass is 32.2. The lowest BCUT2D eigenvalue weighted by Gasteiger charge is -2.49. The molecule has 10 heteroatoms. The number of rotatable bonds is 5. The van der Waals surface area contributed by atoms with Crippen molar-refractivity contribution < 1.29 is 14.4 Å². The Morgan fingerprint density at radius 3 is 2.78 bits per heavy atom. The van der Waals surface area contributed by atoms with Gasteiger partial charge in [-0.1, -0.05) is 43.0 Å². The van der Waals surface area contributed by atoms with Crippen molar-refractivity contribution in [3.8, 4) is 0 Å². The molecule has 0 saturated carbocycles. The molecule has 4 rings (SSSR count). The molecule has 1 aromatic carbocycles. The van der Waals surface area contributed by atoms with Crippen LogP contribution in [0.1, 0.15) is 11.4 Å². The number of thiol groups is 1. The van der Waals surface area contributed by atoms with Crippen LogP contribution in [0, 0.1) is 0 Å². The molecular formula is C17H15N5O3S2. The number of aromatic amines is 1. The van der Waals surface area contributed by atoms with Crippen LogP contribution in [0.25, 0.3) is 5.57 Å². The van der Waals surface area contributed by atoms with Gasteiger partial charge in [-0.25, -0.2) is 4.98 Å². The van der Waals surface area contributed by atoms with Crippen molar-refractivity contribution in [1.82, 2.24) is 25.4 Å². The topological polar surface area (TPSA) is 108 Å². The van der Waals surface area contributed by atoms with Crippen LogP contribution in [0.4, 0.5) is 0 Å². The van der Waals surface area contributed by atoms with Gasteiger partial charge >= 0.3 is 0 Å². The number of benzene rings is 1. The first-order valence-electron chi connectivity index (χ1n) is 8.16. The highest BCUT2D eigenvalue weighted by Gasteiger charge is 2.54. The Labute approximate surface area is 164 Å². The second-order valence-corrected chi connectivity index (χ2v) is 7.59. The molecule has 2 atom stereocenters. The van der Waals surface area contributed by atoms with E-state index < -0.39 is 11.2 Å². The average molecular weight is 401 g/mol. The Morgan fingerprint density at radius 1 is 1.33 bits per heavy atom.